The van der Waals surface area contributed by atoms with E-state index in [0.29, 0.717) is 17.0 Å². The van der Waals surface area contributed by atoms with Crippen molar-refractivity contribution in [2.24, 2.45) is 0 Å². The number of amides is 1. The average molecular weight is 414 g/mol. The van der Waals surface area contributed by atoms with Gasteiger partial charge in [0.25, 0.3) is 15.9 Å². The highest BCUT2D eigenvalue weighted by Gasteiger charge is 2.15. The minimum Gasteiger partial charge on any atom is -0.484 e. The monoisotopic (exact) mass is 414 g/mol. The van der Waals surface area contributed by atoms with Crippen LogP contribution in [0.2, 0.25) is 0 Å². The van der Waals surface area contributed by atoms with Crippen molar-refractivity contribution in [2.75, 3.05) is 16.6 Å². The third kappa shape index (κ3) is 5.06. The number of nitriles is 1. The molecule has 0 fully saturated rings. The molecule has 0 aliphatic carbocycles. The van der Waals surface area contributed by atoms with Crippen LogP contribution in [0.3, 0.4) is 0 Å². The van der Waals surface area contributed by atoms with Crippen molar-refractivity contribution in [1.29, 1.82) is 5.26 Å². The zero-order valence-corrected chi connectivity index (χ0v) is 16.0. The summed E-state index contributed by atoms with van der Waals surface area (Å²) >= 11 is 1.17. The minimum absolute atomic E-state index is 0.0505. The minimum atomic E-state index is -3.74. The summed E-state index contributed by atoms with van der Waals surface area (Å²) in [7, 11) is -3.74. The fourth-order valence-electron chi connectivity index (χ4n) is 2.14. The molecule has 142 valence electrons. The molecule has 2 N–H and O–H groups in total. The average Bonchev–Trinajstić information content (AvgIpc) is 3.19. The Morgan fingerprint density at radius 1 is 1.14 bits per heavy atom. The van der Waals surface area contributed by atoms with Gasteiger partial charge in [0, 0.05) is 17.3 Å². The lowest BCUT2D eigenvalue weighted by atomic mass is 10.2. The molecule has 0 bridgehead atoms. The van der Waals surface area contributed by atoms with Crippen molar-refractivity contribution < 1.29 is 17.9 Å². The molecule has 0 saturated heterocycles. The van der Waals surface area contributed by atoms with E-state index in [1.165, 1.54) is 41.8 Å². The van der Waals surface area contributed by atoms with Gasteiger partial charge in [0.2, 0.25) is 0 Å². The van der Waals surface area contributed by atoms with Gasteiger partial charge in [-0.25, -0.2) is 13.4 Å². The molecule has 0 aliphatic heterocycles. The maximum atomic E-state index is 12.3. The molecule has 1 heterocycles. The van der Waals surface area contributed by atoms with Gasteiger partial charge in [-0.1, -0.05) is 0 Å². The Morgan fingerprint density at radius 2 is 1.86 bits per heavy atom. The Balaban J connectivity index is 1.56. The van der Waals surface area contributed by atoms with Gasteiger partial charge in [0.15, 0.2) is 11.7 Å². The van der Waals surface area contributed by atoms with Crippen LogP contribution in [0.1, 0.15) is 5.56 Å². The summed E-state index contributed by atoms with van der Waals surface area (Å²) in [5, 5.41) is 13.3. The van der Waals surface area contributed by atoms with Crippen molar-refractivity contribution >= 4 is 38.1 Å². The van der Waals surface area contributed by atoms with Crippen LogP contribution in [0.15, 0.2) is 65.0 Å². The number of anilines is 2. The number of aromatic nitrogens is 1. The van der Waals surface area contributed by atoms with Crippen LogP contribution in [0.25, 0.3) is 0 Å². The second-order valence-corrected chi connectivity index (χ2v) is 8.02. The van der Waals surface area contributed by atoms with Gasteiger partial charge >= 0.3 is 0 Å². The Labute approximate surface area is 165 Å². The highest BCUT2D eigenvalue weighted by atomic mass is 32.2. The van der Waals surface area contributed by atoms with E-state index in [1.54, 1.807) is 29.6 Å². The van der Waals surface area contributed by atoms with Gasteiger partial charge in [-0.3, -0.25) is 9.52 Å². The third-order valence-corrected chi connectivity index (χ3v) is 5.63. The Morgan fingerprint density at radius 3 is 2.46 bits per heavy atom. The van der Waals surface area contributed by atoms with E-state index in [1.807, 2.05) is 6.07 Å². The zero-order chi connectivity index (χ0) is 20.0. The van der Waals surface area contributed by atoms with E-state index >= 15 is 0 Å². The first-order valence-corrected chi connectivity index (χ1v) is 10.3. The van der Waals surface area contributed by atoms with E-state index < -0.39 is 15.9 Å². The maximum Gasteiger partial charge on any atom is 0.263 e. The lowest BCUT2D eigenvalue weighted by molar-refractivity contribution is -0.118. The maximum absolute atomic E-state index is 12.3. The first-order chi connectivity index (χ1) is 13.5. The molecule has 0 aliphatic rings. The molecule has 0 atom stereocenters. The molecule has 28 heavy (non-hydrogen) atoms. The second-order valence-electron chi connectivity index (χ2n) is 5.44. The molecule has 0 spiro atoms. The molecule has 0 radical (unpaired) electrons. The number of nitrogens with one attached hydrogen (secondary N) is 2. The molecule has 1 aromatic heterocycles. The molecule has 1 amide bonds. The van der Waals surface area contributed by atoms with Crippen molar-refractivity contribution in [1.82, 2.24) is 4.98 Å². The van der Waals surface area contributed by atoms with Crippen LogP contribution in [-0.4, -0.2) is 25.9 Å². The van der Waals surface area contributed by atoms with Crippen molar-refractivity contribution in [3.05, 3.63) is 65.7 Å². The van der Waals surface area contributed by atoms with Crippen molar-refractivity contribution in [2.45, 2.75) is 4.90 Å². The van der Waals surface area contributed by atoms with Crippen LogP contribution < -0.4 is 14.8 Å². The third-order valence-electron chi connectivity index (χ3n) is 3.46. The highest BCUT2D eigenvalue weighted by Crippen LogP contribution is 2.19. The molecular weight excluding hydrogens is 400 g/mol. The zero-order valence-electron chi connectivity index (χ0n) is 14.3. The molecule has 10 heteroatoms. The lowest BCUT2D eigenvalue weighted by Crippen LogP contribution is -2.20. The summed E-state index contributed by atoms with van der Waals surface area (Å²) < 4.78 is 32.2. The summed E-state index contributed by atoms with van der Waals surface area (Å²) in [6.07, 6.45) is 1.50. The number of nitrogens with zero attached hydrogens (tertiary/aromatic N) is 2. The molecule has 8 nitrogen and oxygen atoms in total. The topological polar surface area (TPSA) is 121 Å². The van der Waals surface area contributed by atoms with Crippen LogP contribution in [0, 0.1) is 11.3 Å². The SMILES string of the molecule is N#Cc1ccc(OCC(=O)Nc2ccc(S(=O)(=O)Nc3nccs3)cc2)cc1. The fourth-order valence-corrected chi connectivity index (χ4v) is 3.93. The normalized spacial score (nSPS) is 10.7. The Kier molecular flexibility index (Phi) is 5.88. The first-order valence-electron chi connectivity index (χ1n) is 7.91. The number of carbonyl (C=O) groups is 1. The predicted molar refractivity (Wildman–Crippen MR) is 105 cm³/mol. The number of hydrogen-bond donors (Lipinski definition) is 2. The standard InChI is InChI=1S/C18H14N4O4S2/c19-11-13-1-5-15(6-2-13)26-12-17(23)21-14-3-7-16(8-4-14)28(24,25)22-18-20-9-10-27-18/h1-10H,12H2,(H,20,22)(H,21,23). The van der Waals surface area contributed by atoms with Gasteiger partial charge in [-0.05, 0) is 48.5 Å². The summed E-state index contributed by atoms with van der Waals surface area (Å²) in [6.45, 7) is -0.225. The van der Waals surface area contributed by atoms with Crippen molar-refractivity contribution in [3.8, 4) is 11.8 Å². The van der Waals surface area contributed by atoms with Gasteiger partial charge in [0.1, 0.15) is 5.75 Å². The molecule has 0 saturated carbocycles. The van der Waals surface area contributed by atoms with Crippen LogP contribution in [0.4, 0.5) is 10.8 Å². The van der Waals surface area contributed by atoms with Gasteiger partial charge in [0.05, 0.1) is 16.5 Å². The fraction of sp³-hybridized carbons (Fsp3) is 0.0556. The first kappa shape index (κ1) is 19.3. The van der Waals surface area contributed by atoms with Gasteiger partial charge < -0.3 is 10.1 Å². The van der Waals surface area contributed by atoms with E-state index in [9.17, 15) is 13.2 Å². The number of benzene rings is 2. The quantitative estimate of drug-likeness (QED) is 0.613. The molecule has 3 aromatic rings. The molecule has 0 unspecified atom stereocenters. The Hall–Kier alpha value is -3.42. The van der Waals surface area contributed by atoms with Crippen LogP contribution in [0.5, 0.6) is 5.75 Å². The predicted octanol–water partition coefficient (Wildman–Crippen LogP) is 2.83. The second kappa shape index (κ2) is 8.51. The lowest BCUT2D eigenvalue weighted by Gasteiger charge is -2.09. The largest absolute Gasteiger partial charge is 0.484 e. The van der Waals surface area contributed by atoms with Gasteiger partial charge in [-0.2, -0.15) is 5.26 Å². The Bertz CT molecular complexity index is 1090. The number of rotatable bonds is 7. The van der Waals surface area contributed by atoms with Crippen LogP contribution >= 0.6 is 11.3 Å². The summed E-state index contributed by atoms with van der Waals surface area (Å²) in [6, 6.07) is 14.1. The van der Waals surface area contributed by atoms with E-state index in [-0.39, 0.29) is 16.6 Å². The molecular formula is C18H14N4O4S2. The summed E-state index contributed by atoms with van der Waals surface area (Å²) in [5.41, 5.74) is 0.929. The molecule has 3 rings (SSSR count). The van der Waals surface area contributed by atoms with Crippen molar-refractivity contribution in [3.63, 3.8) is 0 Å². The van der Waals surface area contributed by atoms with E-state index in [0.717, 1.165) is 0 Å². The number of sulfonamides is 1. The number of thiazole rings is 1. The van der Waals surface area contributed by atoms with Crippen LogP contribution in [-0.2, 0) is 14.8 Å². The highest BCUT2D eigenvalue weighted by molar-refractivity contribution is 7.93. The number of hydrogen-bond acceptors (Lipinski definition) is 7. The van der Waals surface area contributed by atoms with Gasteiger partial charge in [-0.15, -0.1) is 11.3 Å². The number of carbonyl (C=O) groups excluding carboxylic acids is 1. The summed E-state index contributed by atoms with van der Waals surface area (Å²) in [4.78, 5) is 15.9. The molecule has 2 aromatic carbocycles. The van der Waals surface area contributed by atoms with E-state index in [4.69, 9.17) is 10.00 Å². The number of ether oxygens (including phenoxy) is 1. The van der Waals surface area contributed by atoms with E-state index in [2.05, 4.69) is 15.0 Å². The smallest absolute Gasteiger partial charge is 0.263 e. The summed E-state index contributed by atoms with van der Waals surface area (Å²) in [5.74, 6) is 0.0599.